The smallest absolute Gasteiger partial charge is 0.300 e. The summed E-state index contributed by atoms with van der Waals surface area (Å²) in [6.07, 6.45) is 2.13. The average molecular weight is 192 g/mol. The molecule has 0 amide bonds. The van der Waals surface area contributed by atoms with Crippen molar-refractivity contribution in [3.8, 4) is 6.07 Å². The summed E-state index contributed by atoms with van der Waals surface area (Å²) in [5.74, 6) is 0.607. The molecule has 0 aromatic carbocycles. The minimum atomic E-state index is 0.117. The lowest BCUT2D eigenvalue weighted by Crippen LogP contribution is -2.27. The van der Waals surface area contributed by atoms with Crippen LogP contribution >= 0.6 is 0 Å². The molecular weight excluding hydrogens is 176 g/mol. The van der Waals surface area contributed by atoms with Gasteiger partial charge in [0.1, 0.15) is 5.82 Å². The Balaban J connectivity index is 4.54. The fraction of sp³-hybridized carbons (Fsp3) is 0.600. The quantitative estimate of drug-likeness (QED) is 0.408. The molecule has 0 rings (SSSR count). The van der Waals surface area contributed by atoms with Crippen LogP contribution in [0.25, 0.3) is 4.85 Å². The molecule has 4 heteroatoms. The van der Waals surface area contributed by atoms with Crippen molar-refractivity contribution in [3.05, 3.63) is 22.9 Å². The lowest BCUT2D eigenvalue weighted by Gasteiger charge is -2.19. The molecule has 0 aliphatic heterocycles. The standard InChI is InChI=1S/C10H16N4/c1-5-6-7-13-10(14(3)4)9(8-11)12-2/h13H,5-7H2,1,3-4H3/b10-9+. The first-order chi connectivity index (χ1) is 6.67. The molecule has 0 fully saturated rings. The molecule has 76 valence electrons. The van der Waals surface area contributed by atoms with E-state index in [1.54, 1.807) is 4.90 Å². The SMILES string of the molecule is [C-]#[N+]/C(C#N)=C(\NCCCC)N(C)C. The first kappa shape index (κ1) is 12.3. The highest BCUT2D eigenvalue weighted by Crippen LogP contribution is 2.04. The maximum absolute atomic E-state index is 8.71. The second kappa shape index (κ2) is 6.80. The molecular formula is C10H16N4. The topological polar surface area (TPSA) is 43.4 Å². The second-order valence-electron chi connectivity index (χ2n) is 3.10. The zero-order chi connectivity index (χ0) is 11.0. The molecule has 14 heavy (non-hydrogen) atoms. The van der Waals surface area contributed by atoms with Crippen molar-refractivity contribution >= 4 is 0 Å². The summed E-state index contributed by atoms with van der Waals surface area (Å²) in [6, 6.07) is 1.88. The Hall–Kier alpha value is -1.68. The zero-order valence-electron chi connectivity index (χ0n) is 8.96. The van der Waals surface area contributed by atoms with Crippen LogP contribution in [0.15, 0.2) is 11.5 Å². The van der Waals surface area contributed by atoms with Crippen molar-refractivity contribution < 1.29 is 0 Å². The minimum absolute atomic E-state index is 0.117. The van der Waals surface area contributed by atoms with Gasteiger partial charge in [-0.1, -0.05) is 13.3 Å². The van der Waals surface area contributed by atoms with Crippen molar-refractivity contribution in [2.24, 2.45) is 0 Å². The lowest BCUT2D eigenvalue weighted by atomic mass is 10.3. The van der Waals surface area contributed by atoms with E-state index in [9.17, 15) is 0 Å². The molecule has 4 nitrogen and oxygen atoms in total. The van der Waals surface area contributed by atoms with Crippen LogP contribution in [0.1, 0.15) is 19.8 Å². The van der Waals surface area contributed by atoms with Crippen molar-refractivity contribution in [1.82, 2.24) is 10.2 Å². The van der Waals surface area contributed by atoms with Gasteiger partial charge in [0.2, 0.25) is 0 Å². The largest absolute Gasteiger partial charge is 0.380 e. The minimum Gasteiger partial charge on any atom is -0.380 e. The number of hydrogen-bond acceptors (Lipinski definition) is 3. The number of nitrogens with zero attached hydrogens (tertiary/aromatic N) is 3. The molecule has 0 bridgehead atoms. The number of hydrogen-bond donors (Lipinski definition) is 1. The van der Waals surface area contributed by atoms with Crippen LogP contribution < -0.4 is 5.32 Å². The Morgan fingerprint density at radius 2 is 2.21 bits per heavy atom. The van der Waals surface area contributed by atoms with Crippen LogP contribution in [-0.2, 0) is 0 Å². The zero-order valence-corrected chi connectivity index (χ0v) is 8.96. The summed E-state index contributed by atoms with van der Waals surface area (Å²) in [4.78, 5) is 4.93. The summed E-state index contributed by atoms with van der Waals surface area (Å²) in [5, 5.41) is 11.8. The first-order valence-corrected chi connectivity index (χ1v) is 4.60. The van der Waals surface area contributed by atoms with Crippen molar-refractivity contribution in [3.63, 3.8) is 0 Å². The van der Waals surface area contributed by atoms with Crippen molar-refractivity contribution in [1.29, 1.82) is 5.26 Å². The maximum Gasteiger partial charge on any atom is 0.300 e. The molecule has 0 saturated carbocycles. The number of unbranched alkanes of at least 4 members (excludes halogenated alkanes) is 1. The van der Waals surface area contributed by atoms with E-state index in [1.807, 2.05) is 20.2 Å². The molecule has 0 aromatic rings. The van der Waals surface area contributed by atoms with Gasteiger partial charge in [-0.25, -0.2) is 10.1 Å². The summed E-state index contributed by atoms with van der Waals surface area (Å²) >= 11 is 0. The summed E-state index contributed by atoms with van der Waals surface area (Å²) in [7, 11) is 3.63. The summed E-state index contributed by atoms with van der Waals surface area (Å²) in [6.45, 7) is 9.74. The molecule has 1 N–H and O–H groups in total. The molecule has 0 spiro atoms. The van der Waals surface area contributed by atoms with E-state index in [-0.39, 0.29) is 5.70 Å². The fourth-order valence-corrected chi connectivity index (χ4v) is 0.968. The van der Waals surface area contributed by atoms with E-state index in [0.717, 1.165) is 19.4 Å². The van der Waals surface area contributed by atoms with E-state index in [2.05, 4.69) is 17.1 Å². The highest BCUT2D eigenvalue weighted by molar-refractivity contribution is 5.31. The molecule has 0 saturated heterocycles. The predicted molar refractivity (Wildman–Crippen MR) is 55.8 cm³/mol. The highest BCUT2D eigenvalue weighted by Gasteiger charge is 2.07. The third kappa shape index (κ3) is 3.82. The Morgan fingerprint density at radius 3 is 2.57 bits per heavy atom. The van der Waals surface area contributed by atoms with Crippen LogP contribution in [0.5, 0.6) is 0 Å². The van der Waals surface area contributed by atoms with Gasteiger partial charge in [-0.2, -0.15) is 0 Å². The van der Waals surface area contributed by atoms with Crippen molar-refractivity contribution in [2.75, 3.05) is 20.6 Å². The Labute approximate surface area is 85.6 Å². The van der Waals surface area contributed by atoms with Gasteiger partial charge >= 0.3 is 0 Å². The Kier molecular flexibility index (Phi) is 5.98. The number of nitrogens with one attached hydrogen (secondary N) is 1. The molecule has 0 radical (unpaired) electrons. The number of nitriles is 1. The van der Waals surface area contributed by atoms with E-state index in [1.165, 1.54) is 0 Å². The van der Waals surface area contributed by atoms with Crippen LogP contribution in [0.2, 0.25) is 0 Å². The number of allylic oxidation sites excluding steroid dienone is 1. The lowest BCUT2D eigenvalue weighted by molar-refractivity contribution is 0.454. The second-order valence-corrected chi connectivity index (χ2v) is 3.10. The van der Waals surface area contributed by atoms with Gasteiger partial charge < -0.3 is 10.2 Å². The van der Waals surface area contributed by atoms with Gasteiger partial charge in [0, 0.05) is 20.6 Å². The highest BCUT2D eigenvalue weighted by atomic mass is 15.2. The molecule has 0 heterocycles. The van der Waals surface area contributed by atoms with Crippen LogP contribution in [0, 0.1) is 17.9 Å². The van der Waals surface area contributed by atoms with Gasteiger partial charge in [-0.15, -0.1) is 0 Å². The van der Waals surface area contributed by atoms with Gasteiger partial charge in [-0.05, 0) is 6.42 Å². The Bertz CT molecular complexity index is 261. The molecule has 0 unspecified atom stereocenters. The molecule has 0 aliphatic rings. The normalized spacial score (nSPS) is 10.9. The van der Waals surface area contributed by atoms with E-state index in [0.29, 0.717) is 5.82 Å². The Morgan fingerprint density at radius 1 is 1.57 bits per heavy atom. The van der Waals surface area contributed by atoms with Crippen molar-refractivity contribution in [2.45, 2.75) is 19.8 Å². The van der Waals surface area contributed by atoms with E-state index >= 15 is 0 Å². The third-order valence-corrected chi connectivity index (χ3v) is 1.71. The monoisotopic (exact) mass is 192 g/mol. The fourth-order valence-electron chi connectivity index (χ4n) is 0.968. The van der Waals surface area contributed by atoms with E-state index < -0.39 is 0 Å². The van der Waals surface area contributed by atoms with Gasteiger partial charge in [0.15, 0.2) is 0 Å². The maximum atomic E-state index is 8.71. The molecule has 0 atom stereocenters. The van der Waals surface area contributed by atoms with Gasteiger partial charge in [-0.3, -0.25) is 0 Å². The predicted octanol–water partition coefficient (Wildman–Crippen LogP) is 1.55. The van der Waals surface area contributed by atoms with Crippen LogP contribution in [0.3, 0.4) is 0 Å². The van der Waals surface area contributed by atoms with Gasteiger partial charge in [0.05, 0.1) is 12.6 Å². The molecule has 0 aliphatic carbocycles. The average Bonchev–Trinajstić information content (AvgIpc) is 2.17. The van der Waals surface area contributed by atoms with Crippen LogP contribution in [0.4, 0.5) is 0 Å². The first-order valence-electron chi connectivity index (χ1n) is 4.60. The van der Waals surface area contributed by atoms with Crippen LogP contribution in [-0.4, -0.2) is 25.5 Å². The van der Waals surface area contributed by atoms with Gasteiger partial charge in [0.25, 0.3) is 5.70 Å². The number of rotatable bonds is 5. The summed E-state index contributed by atoms with van der Waals surface area (Å²) in [5.41, 5.74) is 0.117. The van der Waals surface area contributed by atoms with E-state index in [4.69, 9.17) is 11.8 Å². The third-order valence-electron chi connectivity index (χ3n) is 1.71. The summed E-state index contributed by atoms with van der Waals surface area (Å²) < 4.78 is 0. The molecule has 0 aromatic heterocycles.